The van der Waals surface area contributed by atoms with E-state index in [1.54, 1.807) is 24.3 Å². The van der Waals surface area contributed by atoms with Crippen molar-refractivity contribution in [2.75, 3.05) is 7.11 Å². The lowest BCUT2D eigenvalue weighted by atomic mass is 9.85. The van der Waals surface area contributed by atoms with Crippen LogP contribution in [0.1, 0.15) is 60.2 Å². The van der Waals surface area contributed by atoms with Crippen LogP contribution >= 0.6 is 0 Å². The van der Waals surface area contributed by atoms with Crippen LogP contribution in [-0.4, -0.2) is 33.9 Å². The van der Waals surface area contributed by atoms with Gasteiger partial charge < -0.3 is 19.8 Å². The summed E-state index contributed by atoms with van der Waals surface area (Å²) in [7, 11) is 1.50. The number of ketones is 1. The molecule has 3 aromatic carbocycles. The molecule has 6 heteroatoms. The minimum Gasteiger partial charge on any atom is -0.508 e. The highest BCUT2D eigenvalue weighted by molar-refractivity contribution is 6.46. The Morgan fingerprint density at radius 2 is 1.65 bits per heavy atom. The summed E-state index contributed by atoms with van der Waals surface area (Å²) < 4.78 is 5.53. The second kappa shape index (κ2) is 9.77. The van der Waals surface area contributed by atoms with Gasteiger partial charge in [-0.25, -0.2) is 0 Å². The highest BCUT2D eigenvalue weighted by atomic mass is 16.5. The molecule has 1 unspecified atom stereocenters. The normalized spacial score (nSPS) is 17.4. The fourth-order valence-corrected chi connectivity index (χ4v) is 4.71. The van der Waals surface area contributed by atoms with Crippen LogP contribution in [-0.2, 0) is 21.5 Å². The van der Waals surface area contributed by atoms with E-state index in [1.165, 1.54) is 24.1 Å². The van der Waals surface area contributed by atoms with Gasteiger partial charge >= 0.3 is 0 Å². The number of Topliss-reactive ketones (excluding diaryl/α,β-unsaturated/α-hetero) is 1. The van der Waals surface area contributed by atoms with Crippen molar-refractivity contribution >= 4 is 17.4 Å². The number of hydrogen-bond donors (Lipinski definition) is 2. The number of likely N-dealkylation sites (tertiary alicyclic amines) is 1. The van der Waals surface area contributed by atoms with Crippen LogP contribution in [0.15, 0.2) is 66.2 Å². The fourth-order valence-electron chi connectivity index (χ4n) is 4.71. The zero-order valence-corrected chi connectivity index (χ0v) is 22.1. The zero-order chi connectivity index (χ0) is 27.1. The maximum absolute atomic E-state index is 13.5. The van der Waals surface area contributed by atoms with Crippen molar-refractivity contribution in [3.8, 4) is 11.5 Å². The zero-order valence-electron chi connectivity index (χ0n) is 22.1. The minimum atomic E-state index is -0.844. The van der Waals surface area contributed by atoms with E-state index in [-0.39, 0.29) is 29.0 Å². The average Bonchev–Trinajstić information content (AvgIpc) is 3.10. The third-order valence-corrected chi connectivity index (χ3v) is 6.91. The molecule has 0 aliphatic carbocycles. The van der Waals surface area contributed by atoms with Gasteiger partial charge in [0.2, 0.25) is 0 Å². The highest BCUT2D eigenvalue weighted by Crippen LogP contribution is 2.43. The molecule has 6 nitrogen and oxygen atoms in total. The van der Waals surface area contributed by atoms with Crippen LogP contribution in [0, 0.1) is 13.8 Å². The topological polar surface area (TPSA) is 87.1 Å². The first-order chi connectivity index (χ1) is 17.4. The van der Waals surface area contributed by atoms with Crippen molar-refractivity contribution < 1.29 is 24.5 Å². The predicted molar refractivity (Wildman–Crippen MR) is 144 cm³/mol. The minimum absolute atomic E-state index is 0.00893. The number of aliphatic hydroxyl groups is 1. The number of aryl methyl sites for hydroxylation is 2. The van der Waals surface area contributed by atoms with E-state index in [0.717, 1.165) is 22.3 Å². The Morgan fingerprint density at radius 1 is 0.973 bits per heavy atom. The SMILES string of the molecule is COc1ccc(C(C)(C)C)cc1/C(O)=C1\C(=O)C(=O)N(Cc2cc(C)ccc2C)C1c1ccc(O)cc1. The highest BCUT2D eigenvalue weighted by Gasteiger charge is 2.46. The molecule has 0 spiro atoms. The van der Waals surface area contributed by atoms with Gasteiger partial charge in [0.05, 0.1) is 24.3 Å². The monoisotopic (exact) mass is 499 g/mol. The molecule has 192 valence electrons. The lowest BCUT2D eigenvalue weighted by Crippen LogP contribution is -2.29. The predicted octanol–water partition coefficient (Wildman–Crippen LogP) is 5.94. The largest absolute Gasteiger partial charge is 0.508 e. The van der Waals surface area contributed by atoms with Gasteiger partial charge in [-0.1, -0.05) is 62.7 Å². The van der Waals surface area contributed by atoms with Gasteiger partial charge in [-0.3, -0.25) is 9.59 Å². The van der Waals surface area contributed by atoms with Gasteiger partial charge in [-0.15, -0.1) is 0 Å². The van der Waals surface area contributed by atoms with Gasteiger partial charge in [0.1, 0.15) is 17.3 Å². The molecular weight excluding hydrogens is 466 g/mol. The number of methoxy groups -OCH3 is 1. The Kier molecular flexibility index (Phi) is 6.87. The Morgan fingerprint density at radius 3 is 2.27 bits per heavy atom. The molecule has 1 heterocycles. The van der Waals surface area contributed by atoms with E-state index in [2.05, 4.69) is 20.8 Å². The smallest absolute Gasteiger partial charge is 0.295 e. The van der Waals surface area contributed by atoms with Gasteiger partial charge in [-0.05, 0) is 65.8 Å². The molecule has 1 aliphatic rings. The average molecular weight is 500 g/mol. The summed E-state index contributed by atoms with van der Waals surface area (Å²) in [4.78, 5) is 28.4. The van der Waals surface area contributed by atoms with Gasteiger partial charge in [0.25, 0.3) is 11.7 Å². The molecule has 1 amide bonds. The van der Waals surface area contributed by atoms with Crippen LogP contribution in [0.2, 0.25) is 0 Å². The molecule has 0 bridgehead atoms. The number of aliphatic hydroxyl groups excluding tert-OH is 1. The number of phenolic OH excluding ortho intramolecular Hbond substituents is 1. The van der Waals surface area contributed by atoms with E-state index < -0.39 is 17.7 Å². The summed E-state index contributed by atoms with van der Waals surface area (Å²) in [6, 6.07) is 17.0. The molecule has 1 aliphatic heterocycles. The van der Waals surface area contributed by atoms with Crippen molar-refractivity contribution in [2.24, 2.45) is 0 Å². The second-order valence-corrected chi connectivity index (χ2v) is 10.6. The first-order valence-corrected chi connectivity index (χ1v) is 12.2. The van der Waals surface area contributed by atoms with Crippen molar-refractivity contribution in [3.05, 3.63) is 99.6 Å². The van der Waals surface area contributed by atoms with Crippen LogP contribution in [0.3, 0.4) is 0 Å². The number of ether oxygens (including phenoxy) is 1. The molecule has 1 atom stereocenters. The van der Waals surface area contributed by atoms with Gasteiger partial charge in [0.15, 0.2) is 0 Å². The molecule has 37 heavy (non-hydrogen) atoms. The summed E-state index contributed by atoms with van der Waals surface area (Å²) >= 11 is 0. The van der Waals surface area contributed by atoms with E-state index >= 15 is 0 Å². The van der Waals surface area contributed by atoms with E-state index in [4.69, 9.17) is 4.74 Å². The van der Waals surface area contributed by atoms with Crippen molar-refractivity contribution in [2.45, 2.75) is 52.6 Å². The summed E-state index contributed by atoms with van der Waals surface area (Å²) in [6.07, 6.45) is 0. The maximum atomic E-state index is 13.5. The summed E-state index contributed by atoms with van der Waals surface area (Å²) in [5, 5.41) is 21.5. The molecule has 2 N–H and O–H groups in total. The number of phenols is 1. The molecule has 4 rings (SSSR count). The van der Waals surface area contributed by atoms with Crippen molar-refractivity contribution in [1.82, 2.24) is 4.90 Å². The number of carbonyl (C=O) groups is 2. The van der Waals surface area contributed by atoms with Crippen LogP contribution in [0.5, 0.6) is 11.5 Å². The number of nitrogens with zero attached hydrogens (tertiary/aromatic N) is 1. The standard InChI is InChI=1S/C31H33NO5/c1-18-7-8-19(2)21(15-18)17-32-27(20-9-12-23(33)13-10-20)26(29(35)30(32)36)28(34)24-16-22(31(3,4)5)11-14-25(24)37-6/h7-16,27,33-34H,17H2,1-6H3/b28-26+. The number of benzene rings is 3. The molecule has 0 aromatic heterocycles. The van der Waals surface area contributed by atoms with E-state index in [9.17, 15) is 19.8 Å². The molecule has 1 saturated heterocycles. The van der Waals surface area contributed by atoms with E-state index in [1.807, 2.05) is 38.1 Å². The summed E-state index contributed by atoms with van der Waals surface area (Å²) in [5.74, 6) is -1.27. The van der Waals surface area contributed by atoms with Gasteiger partial charge in [0, 0.05) is 6.54 Å². The quantitative estimate of drug-likeness (QED) is 0.258. The summed E-state index contributed by atoms with van der Waals surface area (Å²) in [6.45, 7) is 10.3. The van der Waals surface area contributed by atoms with Crippen LogP contribution < -0.4 is 4.74 Å². The number of amides is 1. The Bertz CT molecular complexity index is 1400. The summed E-state index contributed by atoms with van der Waals surface area (Å²) in [5.41, 5.74) is 4.63. The molecule has 0 radical (unpaired) electrons. The van der Waals surface area contributed by atoms with E-state index in [0.29, 0.717) is 16.9 Å². The maximum Gasteiger partial charge on any atom is 0.295 e. The number of hydrogen-bond acceptors (Lipinski definition) is 5. The van der Waals surface area contributed by atoms with Crippen LogP contribution in [0.4, 0.5) is 0 Å². The lowest BCUT2D eigenvalue weighted by molar-refractivity contribution is -0.140. The third-order valence-electron chi connectivity index (χ3n) is 6.91. The lowest BCUT2D eigenvalue weighted by Gasteiger charge is -2.26. The second-order valence-electron chi connectivity index (χ2n) is 10.6. The number of aromatic hydroxyl groups is 1. The van der Waals surface area contributed by atoms with Crippen molar-refractivity contribution in [3.63, 3.8) is 0 Å². The van der Waals surface area contributed by atoms with Gasteiger partial charge in [-0.2, -0.15) is 0 Å². The Hall–Kier alpha value is -4.06. The Balaban J connectivity index is 1.94. The molecule has 0 saturated carbocycles. The number of carbonyl (C=O) groups excluding carboxylic acids is 2. The van der Waals surface area contributed by atoms with Crippen LogP contribution in [0.25, 0.3) is 5.76 Å². The first-order valence-electron chi connectivity index (χ1n) is 12.2. The number of rotatable bonds is 5. The third kappa shape index (κ3) is 4.96. The molecule has 3 aromatic rings. The molecular formula is C31H33NO5. The van der Waals surface area contributed by atoms with Crippen molar-refractivity contribution in [1.29, 1.82) is 0 Å². The first kappa shape index (κ1) is 26.0. The Labute approximate surface area is 217 Å². The molecule has 1 fully saturated rings. The fraction of sp³-hybridized carbons (Fsp3) is 0.290.